The molecule has 31 heavy (non-hydrogen) atoms. The summed E-state index contributed by atoms with van der Waals surface area (Å²) >= 11 is 4.88. The summed E-state index contributed by atoms with van der Waals surface area (Å²) < 4.78 is 28.0. The van der Waals surface area contributed by atoms with Crippen molar-refractivity contribution in [3.05, 3.63) is 63.4 Å². The molecular weight excluding hydrogens is 498 g/mol. The summed E-state index contributed by atoms with van der Waals surface area (Å²) in [6, 6.07) is 12.1. The lowest BCUT2D eigenvalue weighted by Crippen LogP contribution is -2.35. The van der Waals surface area contributed by atoms with Crippen molar-refractivity contribution >= 4 is 48.3 Å². The number of amides is 1. The van der Waals surface area contributed by atoms with Gasteiger partial charge in [-0.25, -0.2) is 13.4 Å². The molecule has 1 N–H and O–H groups in total. The Labute approximate surface area is 194 Å². The van der Waals surface area contributed by atoms with Gasteiger partial charge in [-0.2, -0.15) is 4.31 Å². The fourth-order valence-corrected chi connectivity index (χ4v) is 6.16. The van der Waals surface area contributed by atoms with Gasteiger partial charge in [0.2, 0.25) is 10.0 Å². The smallest absolute Gasteiger partial charge is 0.257 e. The molecule has 4 rings (SSSR count). The number of nitrogens with one attached hydrogen (secondary N) is 1. The van der Waals surface area contributed by atoms with E-state index in [1.165, 1.54) is 39.9 Å². The van der Waals surface area contributed by atoms with Crippen molar-refractivity contribution in [3.63, 3.8) is 0 Å². The Kier molecular flexibility index (Phi) is 6.57. The van der Waals surface area contributed by atoms with Crippen molar-refractivity contribution in [2.75, 3.05) is 18.4 Å². The second-order valence-electron chi connectivity index (χ2n) is 7.46. The number of aromatic nitrogens is 1. The number of carbonyl (C=O) groups is 1. The van der Waals surface area contributed by atoms with Gasteiger partial charge >= 0.3 is 0 Å². The third-order valence-corrected chi connectivity index (χ3v) is 8.55. The molecule has 0 saturated carbocycles. The maximum absolute atomic E-state index is 12.8. The van der Waals surface area contributed by atoms with E-state index in [1.54, 1.807) is 0 Å². The van der Waals surface area contributed by atoms with Crippen molar-refractivity contribution in [2.24, 2.45) is 0 Å². The van der Waals surface area contributed by atoms with Crippen LogP contribution in [0.3, 0.4) is 0 Å². The summed E-state index contributed by atoms with van der Waals surface area (Å²) in [7, 11) is -3.51. The zero-order valence-corrected chi connectivity index (χ0v) is 20.2. The number of anilines is 1. The van der Waals surface area contributed by atoms with Crippen molar-refractivity contribution in [1.29, 1.82) is 0 Å². The van der Waals surface area contributed by atoms with Gasteiger partial charge in [0.05, 0.1) is 10.6 Å². The van der Waals surface area contributed by atoms with E-state index in [0.717, 1.165) is 40.6 Å². The fourth-order valence-electron chi connectivity index (χ4n) is 3.49. The second kappa shape index (κ2) is 9.20. The zero-order chi connectivity index (χ0) is 22.0. The van der Waals surface area contributed by atoms with Gasteiger partial charge in [0.25, 0.3) is 5.91 Å². The minimum atomic E-state index is -3.51. The first kappa shape index (κ1) is 22.1. The molecule has 0 bridgehead atoms. The lowest BCUT2D eigenvalue weighted by atomic mass is 10.1. The maximum atomic E-state index is 12.8. The third kappa shape index (κ3) is 4.90. The Balaban J connectivity index is 1.47. The first-order valence-electron chi connectivity index (χ1n) is 9.98. The number of nitrogens with zero attached hydrogens (tertiary/aromatic N) is 2. The highest BCUT2D eigenvalue weighted by molar-refractivity contribution is 9.10. The minimum Gasteiger partial charge on any atom is -0.298 e. The van der Waals surface area contributed by atoms with E-state index in [9.17, 15) is 13.2 Å². The topological polar surface area (TPSA) is 79.4 Å². The zero-order valence-electron chi connectivity index (χ0n) is 17.0. The molecule has 1 amide bonds. The average molecular weight is 520 g/mol. The summed E-state index contributed by atoms with van der Waals surface area (Å²) in [6.07, 6.45) is 2.83. The lowest BCUT2D eigenvalue weighted by Gasteiger charge is -2.25. The molecule has 1 aliphatic rings. The Morgan fingerprint density at radius 1 is 1.10 bits per heavy atom. The number of hydrogen-bond donors (Lipinski definition) is 1. The largest absolute Gasteiger partial charge is 0.298 e. The van der Waals surface area contributed by atoms with Crippen molar-refractivity contribution in [3.8, 4) is 11.3 Å². The number of hydrogen-bond acceptors (Lipinski definition) is 5. The quantitative estimate of drug-likeness (QED) is 0.495. The molecule has 162 valence electrons. The van der Waals surface area contributed by atoms with Crippen LogP contribution in [0, 0.1) is 6.92 Å². The van der Waals surface area contributed by atoms with E-state index in [0.29, 0.717) is 23.8 Å². The molecule has 1 aliphatic heterocycles. The molecule has 0 aliphatic carbocycles. The number of carbonyl (C=O) groups excluding carboxylic acids is 1. The molecule has 6 nitrogen and oxygen atoms in total. The molecule has 2 heterocycles. The molecular formula is C22H22BrN3O3S2. The van der Waals surface area contributed by atoms with Crippen molar-refractivity contribution in [2.45, 2.75) is 31.1 Å². The van der Waals surface area contributed by atoms with E-state index in [1.807, 2.05) is 30.5 Å². The second-order valence-corrected chi connectivity index (χ2v) is 11.1. The Hall–Kier alpha value is -2.07. The normalized spacial score (nSPS) is 15.0. The van der Waals surface area contributed by atoms with E-state index >= 15 is 0 Å². The Morgan fingerprint density at radius 3 is 2.52 bits per heavy atom. The van der Waals surface area contributed by atoms with Gasteiger partial charge in [0.1, 0.15) is 0 Å². The van der Waals surface area contributed by atoms with Gasteiger partial charge in [-0.3, -0.25) is 10.1 Å². The summed E-state index contributed by atoms with van der Waals surface area (Å²) in [5, 5.41) is 5.17. The summed E-state index contributed by atoms with van der Waals surface area (Å²) in [6.45, 7) is 3.11. The van der Waals surface area contributed by atoms with Gasteiger partial charge in [-0.05, 0) is 56.2 Å². The fraction of sp³-hybridized carbons (Fsp3) is 0.273. The summed E-state index contributed by atoms with van der Waals surface area (Å²) in [5.41, 5.74) is 3.24. The molecule has 0 radical (unpaired) electrons. The predicted molar refractivity (Wildman–Crippen MR) is 127 cm³/mol. The van der Waals surface area contributed by atoms with Gasteiger partial charge in [0.15, 0.2) is 5.13 Å². The van der Waals surface area contributed by atoms with E-state index in [-0.39, 0.29) is 10.8 Å². The number of aryl methyl sites for hydroxylation is 1. The molecule has 1 saturated heterocycles. The van der Waals surface area contributed by atoms with Crippen LogP contribution in [0.5, 0.6) is 0 Å². The number of benzene rings is 2. The first-order chi connectivity index (χ1) is 14.8. The van der Waals surface area contributed by atoms with Gasteiger partial charge in [0, 0.05) is 34.1 Å². The van der Waals surface area contributed by atoms with E-state index in [2.05, 4.69) is 26.2 Å². The predicted octanol–water partition coefficient (Wildman–Crippen LogP) is 5.31. The Morgan fingerprint density at radius 2 is 1.81 bits per heavy atom. The average Bonchev–Trinajstić information content (AvgIpc) is 3.24. The van der Waals surface area contributed by atoms with Gasteiger partial charge in [-0.15, -0.1) is 11.3 Å². The van der Waals surface area contributed by atoms with Crippen LogP contribution in [-0.4, -0.2) is 36.7 Å². The highest BCUT2D eigenvalue weighted by atomic mass is 79.9. The van der Waals surface area contributed by atoms with Gasteiger partial charge < -0.3 is 0 Å². The molecule has 0 spiro atoms. The lowest BCUT2D eigenvalue weighted by molar-refractivity contribution is 0.102. The number of halogens is 1. The monoisotopic (exact) mass is 519 g/mol. The third-order valence-electron chi connectivity index (χ3n) is 5.19. The molecule has 0 unspecified atom stereocenters. The highest BCUT2D eigenvalue weighted by Crippen LogP contribution is 2.31. The Bertz CT molecular complexity index is 1200. The van der Waals surface area contributed by atoms with E-state index in [4.69, 9.17) is 0 Å². The first-order valence-corrected chi connectivity index (χ1v) is 13.1. The van der Waals surface area contributed by atoms with Crippen molar-refractivity contribution in [1.82, 2.24) is 9.29 Å². The molecule has 2 aromatic carbocycles. The van der Waals surface area contributed by atoms with Gasteiger partial charge in [-0.1, -0.05) is 34.0 Å². The number of piperidine rings is 1. The molecule has 1 fully saturated rings. The van der Waals surface area contributed by atoms with Crippen molar-refractivity contribution < 1.29 is 13.2 Å². The van der Waals surface area contributed by atoms with Crippen LogP contribution in [-0.2, 0) is 10.0 Å². The summed E-state index contributed by atoms with van der Waals surface area (Å²) in [5.74, 6) is -0.328. The molecule has 1 aromatic heterocycles. The van der Waals surface area contributed by atoms with Crippen LogP contribution in [0.15, 0.2) is 57.2 Å². The standard InChI is InChI=1S/C22H22BrN3O3S2/c1-15-5-10-19(23)18(13-15)20-14-30-22(24-20)25-21(27)16-6-8-17(9-7-16)31(28,29)26-11-3-2-4-12-26/h5-10,13-14H,2-4,11-12H2,1H3,(H,24,25,27). The van der Waals surface area contributed by atoms with Crippen LogP contribution < -0.4 is 5.32 Å². The maximum Gasteiger partial charge on any atom is 0.257 e. The summed E-state index contributed by atoms with van der Waals surface area (Å²) in [4.78, 5) is 17.4. The molecule has 3 aromatic rings. The van der Waals surface area contributed by atoms with Crippen LogP contribution in [0.1, 0.15) is 35.2 Å². The molecule has 9 heteroatoms. The number of thiazole rings is 1. The van der Waals surface area contributed by atoms with Crippen LogP contribution in [0.25, 0.3) is 11.3 Å². The van der Waals surface area contributed by atoms with Crippen LogP contribution in [0.2, 0.25) is 0 Å². The highest BCUT2D eigenvalue weighted by Gasteiger charge is 2.26. The number of sulfonamides is 1. The number of rotatable bonds is 5. The van der Waals surface area contributed by atoms with Crippen LogP contribution in [0.4, 0.5) is 5.13 Å². The SMILES string of the molecule is Cc1ccc(Br)c(-c2csc(NC(=O)c3ccc(S(=O)(=O)N4CCCCC4)cc3)n2)c1. The minimum absolute atomic E-state index is 0.215. The molecule has 0 atom stereocenters. The van der Waals surface area contributed by atoms with E-state index < -0.39 is 10.0 Å². The van der Waals surface area contributed by atoms with Crippen LogP contribution >= 0.6 is 27.3 Å².